The summed E-state index contributed by atoms with van der Waals surface area (Å²) in [4.78, 5) is 11.3. The summed E-state index contributed by atoms with van der Waals surface area (Å²) in [5.41, 5.74) is 1.64. The van der Waals surface area contributed by atoms with Crippen LogP contribution >= 0.6 is 11.6 Å². The van der Waals surface area contributed by atoms with Gasteiger partial charge in [0.15, 0.2) is 6.61 Å². The van der Waals surface area contributed by atoms with Crippen LogP contribution in [0.4, 0.5) is 5.69 Å². The lowest BCUT2D eigenvalue weighted by Crippen LogP contribution is -2.25. The Morgan fingerprint density at radius 1 is 1.32 bits per heavy atom. The Balaban J connectivity index is 1.87. The molecule has 0 fully saturated rings. The van der Waals surface area contributed by atoms with E-state index in [1.54, 1.807) is 24.3 Å². The van der Waals surface area contributed by atoms with Gasteiger partial charge in [-0.1, -0.05) is 17.7 Å². The fourth-order valence-electron chi connectivity index (χ4n) is 2.21. The van der Waals surface area contributed by atoms with E-state index in [1.807, 2.05) is 19.2 Å². The number of carbonyl (C=O) groups is 1. The molecule has 0 atom stereocenters. The van der Waals surface area contributed by atoms with Gasteiger partial charge in [0.2, 0.25) is 0 Å². The molecule has 0 unspecified atom stereocenters. The number of hydrogen-bond donors (Lipinski definition) is 2. The lowest BCUT2D eigenvalue weighted by atomic mass is 10.2. The Morgan fingerprint density at radius 2 is 2.18 bits per heavy atom. The number of ether oxygens (including phenoxy) is 2. The van der Waals surface area contributed by atoms with Crippen LogP contribution in [-0.2, 0) is 11.3 Å². The molecule has 1 amide bonds. The smallest absolute Gasteiger partial charge is 0.262 e. The average Bonchev–Trinajstić information content (AvgIpc) is 2.50. The van der Waals surface area contributed by atoms with Gasteiger partial charge in [-0.25, -0.2) is 0 Å². The van der Waals surface area contributed by atoms with E-state index in [-0.39, 0.29) is 12.5 Å². The first-order valence-electron chi connectivity index (χ1n) is 6.83. The van der Waals surface area contributed by atoms with E-state index >= 15 is 0 Å². The van der Waals surface area contributed by atoms with Crippen LogP contribution in [0.5, 0.6) is 17.2 Å². The third-order valence-electron chi connectivity index (χ3n) is 3.21. The molecule has 0 saturated heterocycles. The topological polar surface area (TPSA) is 59.6 Å². The van der Waals surface area contributed by atoms with Crippen LogP contribution in [0.15, 0.2) is 36.4 Å². The predicted octanol–water partition coefficient (Wildman–Crippen LogP) is 3.18. The molecule has 0 bridgehead atoms. The Morgan fingerprint density at radius 3 is 3.00 bits per heavy atom. The van der Waals surface area contributed by atoms with Gasteiger partial charge in [-0.2, -0.15) is 0 Å². The summed E-state index contributed by atoms with van der Waals surface area (Å²) in [5, 5.41) is 6.44. The van der Waals surface area contributed by atoms with Crippen LogP contribution in [0.3, 0.4) is 0 Å². The molecule has 0 radical (unpaired) electrons. The van der Waals surface area contributed by atoms with Gasteiger partial charge in [0.05, 0.1) is 5.69 Å². The van der Waals surface area contributed by atoms with Crippen molar-refractivity contribution in [3.8, 4) is 17.2 Å². The van der Waals surface area contributed by atoms with Crippen LogP contribution in [0.1, 0.15) is 5.56 Å². The molecule has 114 valence electrons. The van der Waals surface area contributed by atoms with E-state index in [9.17, 15) is 4.79 Å². The number of fused-ring (bicyclic) bond motifs is 1. The molecular formula is C16H15ClN2O3. The minimum absolute atomic E-state index is 0.0125. The second kappa shape index (κ2) is 6.25. The maximum atomic E-state index is 11.3. The van der Waals surface area contributed by atoms with Crippen molar-refractivity contribution in [1.29, 1.82) is 0 Å². The Kier molecular flexibility index (Phi) is 4.18. The molecule has 22 heavy (non-hydrogen) atoms. The molecular weight excluding hydrogens is 304 g/mol. The summed E-state index contributed by atoms with van der Waals surface area (Å²) >= 11 is 6.04. The molecule has 0 aliphatic carbocycles. The van der Waals surface area contributed by atoms with Crippen molar-refractivity contribution in [1.82, 2.24) is 5.32 Å². The van der Waals surface area contributed by atoms with E-state index in [2.05, 4.69) is 10.6 Å². The molecule has 5 nitrogen and oxygen atoms in total. The number of hydrogen-bond acceptors (Lipinski definition) is 4. The summed E-state index contributed by atoms with van der Waals surface area (Å²) in [7, 11) is 1.87. The molecule has 6 heteroatoms. The summed E-state index contributed by atoms with van der Waals surface area (Å²) in [6.45, 7) is 0.683. The number of anilines is 1. The summed E-state index contributed by atoms with van der Waals surface area (Å²) < 4.78 is 11.3. The molecule has 3 rings (SSSR count). The Labute approximate surface area is 133 Å². The zero-order chi connectivity index (χ0) is 15.5. The van der Waals surface area contributed by atoms with Crippen LogP contribution in [0.2, 0.25) is 5.02 Å². The van der Waals surface area contributed by atoms with Crippen molar-refractivity contribution >= 4 is 23.2 Å². The molecule has 2 N–H and O–H groups in total. The maximum absolute atomic E-state index is 11.3. The van der Waals surface area contributed by atoms with Crippen molar-refractivity contribution in [2.24, 2.45) is 0 Å². The normalized spacial score (nSPS) is 13.1. The highest BCUT2D eigenvalue weighted by Crippen LogP contribution is 2.35. The zero-order valence-electron chi connectivity index (χ0n) is 12.0. The lowest BCUT2D eigenvalue weighted by molar-refractivity contribution is -0.118. The lowest BCUT2D eigenvalue weighted by Gasteiger charge is -2.19. The van der Waals surface area contributed by atoms with Crippen molar-refractivity contribution in [2.75, 3.05) is 19.0 Å². The largest absolute Gasteiger partial charge is 0.481 e. The SMILES string of the molecule is CNCc1ccc(Cl)cc1Oc1ccc2c(c1)OCC(=O)N2. The van der Waals surface area contributed by atoms with Crippen molar-refractivity contribution in [3.05, 3.63) is 47.0 Å². The second-order valence-corrected chi connectivity index (χ2v) is 5.32. The van der Waals surface area contributed by atoms with Crippen molar-refractivity contribution in [3.63, 3.8) is 0 Å². The number of rotatable bonds is 4. The number of benzene rings is 2. The van der Waals surface area contributed by atoms with E-state index < -0.39 is 0 Å². The molecule has 0 aromatic heterocycles. The highest BCUT2D eigenvalue weighted by molar-refractivity contribution is 6.30. The van der Waals surface area contributed by atoms with Gasteiger partial charge in [0.1, 0.15) is 17.2 Å². The molecule has 0 saturated carbocycles. The third kappa shape index (κ3) is 3.16. The number of carbonyl (C=O) groups excluding carboxylic acids is 1. The van der Waals surface area contributed by atoms with Crippen LogP contribution in [0, 0.1) is 0 Å². The van der Waals surface area contributed by atoms with Crippen molar-refractivity contribution < 1.29 is 14.3 Å². The zero-order valence-corrected chi connectivity index (χ0v) is 12.7. The quantitative estimate of drug-likeness (QED) is 0.909. The van der Waals surface area contributed by atoms with E-state index in [4.69, 9.17) is 21.1 Å². The van der Waals surface area contributed by atoms with Gasteiger partial charge in [0, 0.05) is 23.2 Å². The first kappa shape index (κ1) is 14.7. The standard InChI is InChI=1S/C16H15ClN2O3/c1-18-8-10-2-3-11(17)6-14(10)22-12-4-5-13-15(7-12)21-9-16(20)19-13/h2-7,18H,8-9H2,1H3,(H,19,20). The number of nitrogens with one attached hydrogen (secondary N) is 2. The van der Waals surface area contributed by atoms with E-state index in [0.29, 0.717) is 34.5 Å². The first-order valence-corrected chi connectivity index (χ1v) is 7.21. The summed E-state index contributed by atoms with van der Waals surface area (Å²) in [6.07, 6.45) is 0. The monoisotopic (exact) mass is 318 g/mol. The fraction of sp³-hybridized carbons (Fsp3) is 0.188. The number of halogens is 1. The second-order valence-electron chi connectivity index (χ2n) is 4.88. The number of amides is 1. The van der Waals surface area contributed by atoms with Gasteiger partial charge >= 0.3 is 0 Å². The summed E-state index contributed by atoms with van der Waals surface area (Å²) in [6, 6.07) is 10.8. The van der Waals surface area contributed by atoms with Crippen LogP contribution in [0.25, 0.3) is 0 Å². The summed E-state index contributed by atoms with van der Waals surface area (Å²) in [5.74, 6) is 1.73. The first-order chi connectivity index (χ1) is 10.7. The Bertz CT molecular complexity index is 719. The fourth-order valence-corrected chi connectivity index (χ4v) is 2.37. The molecule has 1 aliphatic rings. The van der Waals surface area contributed by atoms with Gasteiger partial charge in [-0.3, -0.25) is 4.79 Å². The molecule has 1 aliphatic heterocycles. The van der Waals surface area contributed by atoms with Crippen LogP contribution < -0.4 is 20.1 Å². The minimum Gasteiger partial charge on any atom is -0.481 e. The average molecular weight is 319 g/mol. The maximum Gasteiger partial charge on any atom is 0.262 e. The van der Waals surface area contributed by atoms with Crippen LogP contribution in [-0.4, -0.2) is 19.6 Å². The predicted molar refractivity (Wildman–Crippen MR) is 84.9 cm³/mol. The highest BCUT2D eigenvalue weighted by atomic mass is 35.5. The molecule has 1 heterocycles. The third-order valence-corrected chi connectivity index (χ3v) is 3.45. The Hall–Kier alpha value is -2.24. The molecule has 2 aromatic rings. The van der Waals surface area contributed by atoms with E-state index in [0.717, 1.165) is 5.56 Å². The van der Waals surface area contributed by atoms with Crippen molar-refractivity contribution in [2.45, 2.75) is 6.54 Å². The van der Waals surface area contributed by atoms with Gasteiger partial charge in [-0.15, -0.1) is 0 Å². The van der Waals surface area contributed by atoms with Gasteiger partial charge in [0.25, 0.3) is 5.91 Å². The minimum atomic E-state index is -0.160. The highest BCUT2D eigenvalue weighted by Gasteiger charge is 2.16. The van der Waals surface area contributed by atoms with E-state index in [1.165, 1.54) is 0 Å². The van der Waals surface area contributed by atoms with Gasteiger partial charge < -0.3 is 20.1 Å². The van der Waals surface area contributed by atoms with Gasteiger partial charge in [-0.05, 0) is 31.3 Å². The molecule has 0 spiro atoms. The molecule has 2 aromatic carbocycles.